The van der Waals surface area contributed by atoms with Crippen LogP contribution in [0.4, 0.5) is 4.39 Å². The number of aromatic carboxylic acids is 1. The molecule has 3 nitrogen and oxygen atoms in total. The van der Waals surface area contributed by atoms with Crippen LogP contribution in [0.25, 0.3) is 0 Å². The van der Waals surface area contributed by atoms with Crippen LogP contribution >= 0.6 is 0 Å². The second kappa shape index (κ2) is 5.10. The van der Waals surface area contributed by atoms with E-state index in [-0.39, 0.29) is 11.4 Å². The molecule has 0 amide bonds. The molecule has 2 aromatic rings. The van der Waals surface area contributed by atoms with Crippen molar-refractivity contribution in [2.45, 2.75) is 13.8 Å². The van der Waals surface area contributed by atoms with Crippen molar-refractivity contribution in [3.8, 4) is 11.5 Å². The van der Waals surface area contributed by atoms with Gasteiger partial charge in [0.25, 0.3) is 0 Å². The largest absolute Gasteiger partial charge is 0.478 e. The lowest BCUT2D eigenvalue weighted by atomic mass is 10.1. The summed E-state index contributed by atoms with van der Waals surface area (Å²) in [7, 11) is 0. The molecule has 2 rings (SSSR count). The average Bonchev–Trinajstić information content (AvgIpc) is 2.36. The third-order valence-corrected chi connectivity index (χ3v) is 2.81. The number of rotatable bonds is 3. The van der Waals surface area contributed by atoms with Crippen LogP contribution in [0.15, 0.2) is 36.4 Å². The normalized spacial score (nSPS) is 10.3. The maximum atomic E-state index is 13.4. The van der Waals surface area contributed by atoms with Crippen LogP contribution in [0.3, 0.4) is 0 Å². The van der Waals surface area contributed by atoms with E-state index < -0.39 is 5.97 Å². The van der Waals surface area contributed by atoms with Crippen LogP contribution in [0.5, 0.6) is 11.5 Å². The minimum atomic E-state index is -1.03. The Hall–Kier alpha value is -2.36. The van der Waals surface area contributed by atoms with Gasteiger partial charge in [-0.2, -0.15) is 0 Å². The summed E-state index contributed by atoms with van der Waals surface area (Å²) < 4.78 is 18.9. The fourth-order valence-electron chi connectivity index (χ4n) is 1.61. The Morgan fingerprint density at radius 2 is 1.79 bits per heavy atom. The molecule has 2 aromatic carbocycles. The highest BCUT2D eigenvalue weighted by Crippen LogP contribution is 2.27. The molecular weight excluding hydrogens is 247 g/mol. The lowest BCUT2D eigenvalue weighted by molar-refractivity contribution is 0.0696. The quantitative estimate of drug-likeness (QED) is 0.909. The van der Waals surface area contributed by atoms with Gasteiger partial charge in [0, 0.05) is 6.07 Å². The van der Waals surface area contributed by atoms with Gasteiger partial charge in [-0.3, -0.25) is 0 Å². The van der Waals surface area contributed by atoms with E-state index in [1.165, 1.54) is 18.2 Å². The second-order valence-corrected chi connectivity index (χ2v) is 4.30. The van der Waals surface area contributed by atoms with Gasteiger partial charge in [-0.05, 0) is 43.2 Å². The standard InChI is InChI=1S/C15H13FO3/c1-9-4-6-12(8-13(9)16)19-14-7-11(15(17)18)5-3-10(14)2/h3-8H,1-2H3,(H,17,18). The van der Waals surface area contributed by atoms with Crippen LogP contribution in [0, 0.1) is 19.7 Å². The molecule has 98 valence electrons. The van der Waals surface area contributed by atoms with Gasteiger partial charge in [0.05, 0.1) is 5.56 Å². The van der Waals surface area contributed by atoms with Crippen LogP contribution in [-0.2, 0) is 0 Å². The molecule has 19 heavy (non-hydrogen) atoms. The Morgan fingerprint density at radius 1 is 1.11 bits per heavy atom. The van der Waals surface area contributed by atoms with Gasteiger partial charge >= 0.3 is 5.97 Å². The summed E-state index contributed by atoms with van der Waals surface area (Å²) in [6.45, 7) is 3.46. The van der Waals surface area contributed by atoms with Crippen LogP contribution in [0.1, 0.15) is 21.5 Å². The van der Waals surface area contributed by atoms with Gasteiger partial charge in [-0.15, -0.1) is 0 Å². The highest BCUT2D eigenvalue weighted by molar-refractivity contribution is 5.88. The monoisotopic (exact) mass is 260 g/mol. The van der Waals surface area contributed by atoms with E-state index in [0.29, 0.717) is 17.1 Å². The van der Waals surface area contributed by atoms with Gasteiger partial charge < -0.3 is 9.84 Å². The molecule has 0 aromatic heterocycles. The van der Waals surface area contributed by atoms with Gasteiger partial charge in [-0.1, -0.05) is 12.1 Å². The molecule has 0 saturated carbocycles. The first-order chi connectivity index (χ1) is 8.97. The fraction of sp³-hybridized carbons (Fsp3) is 0.133. The molecule has 4 heteroatoms. The number of benzene rings is 2. The average molecular weight is 260 g/mol. The molecule has 0 fully saturated rings. The highest BCUT2D eigenvalue weighted by atomic mass is 19.1. The van der Waals surface area contributed by atoms with E-state index in [1.807, 2.05) is 0 Å². The minimum absolute atomic E-state index is 0.133. The predicted octanol–water partition coefficient (Wildman–Crippen LogP) is 3.93. The topological polar surface area (TPSA) is 46.5 Å². The first kappa shape index (κ1) is 13.1. The molecule has 0 bridgehead atoms. The maximum Gasteiger partial charge on any atom is 0.335 e. The maximum absolute atomic E-state index is 13.4. The molecule has 1 N–H and O–H groups in total. The van der Waals surface area contributed by atoms with Crippen LogP contribution < -0.4 is 4.74 Å². The van der Waals surface area contributed by atoms with Crippen LogP contribution in [0.2, 0.25) is 0 Å². The Morgan fingerprint density at radius 3 is 2.42 bits per heavy atom. The van der Waals surface area contributed by atoms with Crippen molar-refractivity contribution < 1.29 is 19.0 Å². The lowest BCUT2D eigenvalue weighted by Crippen LogP contribution is -1.98. The van der Waals surface area contributed by atoms with Crippen molar-refractivity contribution in [2.75, 3.05) is 0 Å². The molecule has 0 atom stereocenters. The Labute approximate surface area is 110 Å². The molecule has 0 spiro atoms. The molecule has 0 aliphatic rings. The molecular formula is C15H13FO3. The second-order valence-electron chi connectivity index (χ2n) is 4.30. The zero-order valence-corrected chi connectivity index (χ0v) is 10.6. The number of aryl methyl sites for hydroxylation is 2. The zero-order chi connectivity index (χ0) is 14.0. The molecule has 0 unspecified atom stereocenters. The first-order valence-corrected chi connectivity index (χ1v) is 5.75. The third kappa shape index (κ3) is 2.91. The van der Waals surface area contributed by atoms with E-state index in [9.17, 15) is 9.18 Å². The highest BCUT2D eigenvalue weighted by Gasteiger charge is 2.09. The summed E-state index contributed by atoms with van der Waals surface area (Å²) in [5.74, 6) is -0.638. The van der Waals surface area contributed by atoms with Gasteiger partial charge in [0.15, 0.2) is 0 Å². The summed E-state index contributed by atoms with van der Waals surface area (Å²) >= 11 is 0. The number of carboxylic acid groups (broad SMARTS) is 1. The van der Waals surface area contributed by atoms with Crippen molar-refractivity contribution in [1.29, 1.82) is 0 Å². The summed E-state index contributed by atoms with van der Waals surface area (Å²) in [5, 5.41) is 8.93. The van der Waals surface area contributed by atoms with Gasteiger partial charge in [-0.25, -0.2) is 9.18 Å². The number of ether oxygens (including phenoxy) is 1. The van der Waals surface area contributed by atoms with E-state index in [1.54, 1.807) is 32.0 Å². The fourth-order valence-corrected chi connectivity index (χ4v) is 1.61. The van der Waals surface area contributed by atoms with Crippen molar-refractivity contribution in [3.63, 3.8) is 0 Å². The summed E-state index contributed by atoms with van der Waals surface area (Å²) in [5.41, 5.74) is 1.45. The minimum Gasteiger partial charge on any atom is -0.478 e. The number of carboxylic acids is 1. The molecule has 0 radical (unpaired) electrons. The smallest absolute Gasteiger partial charge is 0.335 e. The molecule has 0 aliphatic carbocycles. The van der Waals surface area contributed by atoms with Crippen molar-refractivity contribution in [2.24, 2.45) is 0 Å². The van der Waals surface area contributed by atoms with E-state index in [0.717, 1.165) is 5.56 Å². The predicted molar refractivity (Wildman–Crippen MR) is 69.3 cm³/mol. The molecule has 0 heterocycles. The Balaban J connectivity index is 2.34. The SMILES string of the molecule is Cc1ccc(Oc2cc(C(=O)O)ccc2C)cc1F. The van der Waals surface area contributed by atoms with Crippen molar-refractivity contribution in [1.82, 2.24) is 0 Å². The van der Waals surface area contributed by atoms with E-state index >= 15 is 0 Å². The summed E-state index contributed by atoms with van der Waals surface area (Å²) in [6.07, 6.45) is 0. The molecule has 0 aliphatic heterocycles. The zero-order valence-electron chi connectivity index (χ0n) is 10.6. The lowest BCUT2D eigenvalue weighted by Gasteiger charge is -2.10. The van der Waals surface area contributed by atoms with E-state index in [2.05, 4.69) is 0 Å². The Kier molecular flexibility index (Phi) is 3.51. The van der Waals surface area contributed by atoms with Gasteiger partial charge in [0.2, 0.25) is 0 Å². The first-order valence-electron chi connectivity index (χ1n) is 5.75. The number of hydrogen-bond acceptors (Lipinski definition) is 2. The number of hydrogen-bond donors (Lipinski definition) is 1. The Bertz CT molecular complexity index is 635. The summed E-state index contributed by atoms with van der Waals surface area (Å²) in [4.78, 5) is 10.9. The van der Waals surface area contributed by atoms with Crippen molar-refractivity contribution in [3.05, 3.63) is 58.9 Å². The third-order valence-electron chi connectivity index (χ3n) is 2.81. The number of carbonyl (C=O) groups is 1. The van der Waals surface area contributed by atoms with Crippen molar-refractivity contribution >= 4 is 5.97 Å². The number of halogens is 1. The van der Waals surface area contributed by atoms with E-state index in [4.69, 9.17) is 9.84 Å². The summed E-state index contributed by atoms with van der Waals surface area (Å²) in [6, 6.07) is 9.12. The van der Waals surface area contributed by atoms with Gasteiger partial charge in [0.1, 0.15) is 17.3 Å². The van der Waals surface area contributed by atoms with Crippen LogP contribution in [-0.4, -0.2) is 11.1 Å². The molecule has 0 saturated heterocycles.